The number of nitrogens with two attached hydrogens (primary N) is 1. The van der Waals surface area contributed by atoms with E-state index in [2.05, 4.69) is 31.2 Å². The van der Waals surface area contributed by atoms with Gasteiger partial charge in [0, 0.05) is 10.1 Å². The molecule has 0 bridgehead atoms. The molecule has 1 aliphatic rings. The molecule has 0 radical (unpaired) electrons. The summed E-state index contributed by atoms with van der Waals surface area (Å²) in [7, 11) is 0. The van der Waals surface area contributed by atoms with Gasteiger partial charge in [-0.25, -0.2) is 0 Å². The summed E-state index contributed by atoms with van der Waals surface area (Å²) in [6.07, 6.45) is 4.01. The fraction of sp³-hybridized carbons (Fsp3) is 0.538. The summed E-state index contributed by atoms with van der Waals surface area (Å²) in [5.74, 6) is 0.731. The summed E-state index contributed by atoms with van der Waals surface area (Å²) in [5.41, 5.74) is 7.20. The standard InChI is InChI=1S/C13H19NS/c1-10-5-2-3-7-12(10)15-13-8-4-6-11(13)9-14/h2-3,5,7,11,13H,4,6,8-9,14H2,1H3. The van der Waals surface area contributed by atoms with E-state index in [1.807, 2.05) is 11.8 Å². The zero-order valence-electron chi connectivity index (χ0n) is 9.28. The van der Waals surface area contributed by atoms with Crippen molar-refractivity contribution in [3.63, 3.8) is 0 Å². The highest BCUT2D eigenvalue weighted by molar-refractivity contribution is 8.00. The zero-order valence-corrected chi connectivity index (χ0v) is 10.1. The van der Waals surface area contributed by atoms with Crippen LogP contribution >= 0.6 is 11.8 Å². The van der Waals surface area contributed by atoms with Crippen LogP contribution in [0.1, 0.15) is 24.8 Å². The molecule has 1 aliphatic carbocycles. The maximum atomic E-state index is 5.80. The van der Waals surface area contributed by atoms with Gasteiger partial charge in [0.1, 0.15) is 0 Å². The molecule has 2 N–H and O–H groups in total. The van der Waals surface area contributed by atoms with Gasteiger partial charge in [-0.3, -0.25) is 0 Å². The monoisotopic (exact) mass is 221 g/mol. The maximum absolute atomic E-state index is 5.80. The lowest BCUT2D eigenvalue weighted by molar-refractivity contribution is 0.573. The van der Waals surface area contributed by atoms with Gasteiger partial charge in [0.15, 0.2) is 0 Å². The van der Waals surface area contributed by atoms with Crippen molar-refractivity contribution in [1.82, 2.24) is 0 Å². The molecule has 82 valence electrons. The minimum absolute atomic E-state index is 0.731. The summed E-state index contributed by atoms with van der Waals surface area (Å²) in [5, 5.41) is 0.746. The van der Waals surface area contributed by atoms with Crippen molar-refractivity contribution in [1.29, 1.82) is 0 Å². The van der Waals surface area contributed by atoms with Gasteiger partial charge >= 0.3 is 0 Å². The van der Waals surface area contributed by atoms with E-state index in [0.717, 1.165) is 17.7 Å². The molecule has 1 nitrogen and oxygen atoms in total. The van der Waals surface area contributed by atoms with E-state index < -0.39 is 0 Å². The molecule has 15 heavy (non-hydrogen) atoms. The molecule has 0 amide bonds. The first-order chi connectivity index (χ1) is 7.31. The average Bonchev–Trinajstić information content (AvgIpc) is 2.69. The Balaban J connectivity index is 2.05. The second kappa shape index (κ2) is 5.04. The van der Waals surface area contributed by atoms with Crippen LogP contribution in [0, 0.1) is 12.8 Å². The molecule has 2 rings (SSSR count). The largest absolute Gasteiger partial charge is 0.330 e. The minimum atomic E-state index is 0.731. The van der Waals surface area contributed by atoms with E-state index in [-0.39, 0.29) is 0 Å². The van der Waals surface area contributed by atoms with E-state index in [1.165, 1.54) is 29.7 Å². The van der Waals surface area contributed by atoms with Crippen LogP contribution in [-0.4, -0.2) is 11.8 Å². The van der Waals surface area contributed by atoms with Gasteiger partial charge in [-0.1, -0.05) is 24.6 Å². The molecule has 1 fully saturated rings. The normalized spacial score (nSPS) is 25.7. The molecule has 1 saturated carbocycles. The fourth-order valence-corrected chi connectivity index (χ4v) is 3.74. The molecule has 0 spiro atoms. The second-order valence-electron chi connectivity index (χ2n) is 4.35. The third kappa shape index (κ3) is 2.56. The van der Waals surface area contributed by atoms with Gasteiger partial charge in [-0.2, -0.15) is 0 Å². The lowest BCUT2D eigenvalue weighted by Crippen LogP contribution is -2.20. The van der Waals surface area contributed by atoms with Gasteiger partial charge in [-0.15, -0.1) is 11.8 Å². The van der Waals surface area contributed by atoms with Crippen molar-refractivity contribution in [2.75, 3.05) is 6.54 Å². The average molecular weight is 221 g/mol. The first kappa shape index (κ1) is 11.0. The first-order valence-electron chi connectivity index (χ1n) is 5.73. The van der Waals surface area contributed by atoms with Crippen molar-refractivity contribution in [2.24, 2.45) is 11.7 Å². The van der Waals surface area contributed by atoms with Gasteiger partial charge in [0.25, 0.3) is 0 Å². The number of rotatable bonds is 3. The summed E-state index contributed by atoms with van der Waals surface area (Å²) < 4.78 is 0. The highest BCUT2D eigenvalue weighted by atomic mass is 32.2. The van der Waals surface area contributed by atoms with Crippen molar-refractivity contribution >= 4 is 11.8 Å². The molecule has 0 saturated heterocycles. The van der Waals surface area contributed by atoms with Gasteiger partial charge in [0.2, 0.25) is 0 Å². The fourth-order valence-electron chi connectivity index (χ4n) is 2.28. The van der Waals surface area contributed by atoms with E-state index in [1.54, 1.807) is 0 Å². The molecule has 2 atom stereocenters. The Morgan fingerprint density at radius 1 is 1.33 bits per heavy atom. The van der Waals surface area contributed by atoms with Gasteiger partial charge in [0.05, 0.1) is 0 Å². The van der Waals surface area contributed by atoms with Crippen molar-refractivity contribution in [3.05, 3.63) is 29.8 Å². The topological polar surface area (TPSA) is 26.0 Å². The van der Waals surface area contributed by atoms with Crippen LogP contribution in [0.2, 0.25) is 0 Å². The zero-order chi connectivity index (χ0) is 10.7. The molecule has 1 aromatic carbocycles. The molecule has 2 unspecified atom stereocenters. The number of benzene rings is 1. The number of aryl methyl sites for hydroxylation is 1. The smallest absolute Gasteiger partial charge is 0.0135 e. The van der Waals surface area contributed by atoms with Crippen LogP contribution in [0.3, 0.4) is 0 Å². The summed E-state index contributed by atoms with van der Waals surface area (Å²) in [6, 6.07) is 8.65. The highest BCUT2D eigenvalue weighted by Crippen LogP contribution is 2.39. The lowest BCUT2D eigenvalue weighted by Gasteiger charge is -2.18. The Bertz CT molecular complexity index is 324. The van der Waals surface area contributed by atoms with Crippen LogP contribution in [0.5, 0.6) is 0 Å². The number of hydrogen-bond donors (Lipinski definition) is 1. The van der Waals surface area contributed by atoms with Crippen LogP contribution in [0.4, 0.5) is 0 Å². The Morgan fingerprint density at radius 3 is 2.87 bits per heavy atom. The quantitative estimate of drug-likeness (QED) is 0.848. The molecular weight excluding hydrogens is 202 g/mol. The SMILES string of the molecule is Cc1ccccc1SC1CCCC1CN. The Labute approximate surface area is 96.4 Å². The van der Waals surface area contributed by atoms with E-state index in [0.29, 0.717) is 0 Å². The molecule has 1 aromatic rings. The van der Waals surface area contributed by atoms with Crippen LogP contribution in [0.15, 0.2) is 29.2 Å². The Kier molecular flexibility index (Phi) is 3.71. The molecular formula is C13H19NS. The van der Waals surface area contributed by atoms with Crippen molar-refractivity contribution in [2.45, 2.75) is 36.3 Å². The minimum Gasteiger partial charge on any atom is -0.330 e. The summed E-state index contributed by atoms with van der Waals surface area (Å²) >= 11 is 2.03. The third-order valence-electron chi connectivity index (χ3n) is 3.26. The van der Waals surface area contributed by atoms with E-state index >= 15 is 0 Å². The highest BCUT2D eigenvalue weighted by Gasteiger charge is 2.26. The van der Waals surface area contributed by atoms with Crippen LogP contribution in [-0.2, 0) is 0 Å². The molecule has 2 heteroatoms. The first-order valence-corrected chi connectivity index (χ1v) is 6.61. The molecule has 0 aliphatic heterocycles. The van der Waals surface area contributed by atoms with Crippen LogP contribution in [0.25, 0.3) is 0 Å². The van der Waals surface area contributed by atoms with E-state index in [4.69, 9.17) is 5.73 Å². The van der Waals surface area contributed by atoms with E-state index in [9.17, 15) is 0 Å². The maximum Gasteiger partial charge on any atom is 0.0135 e. The Morgan fingerprint density at radius 2 is 2.13 bits per heavy atom. The van der Waals surface area contributed by atoms with Gasteiger partial charge < -0.3 is 5.73 Å². The summed E-state index contributed by atoms with van der Waals surface area (Å²) in [6.45, 7) is 3.04. The second-order valence-corrected chi connectivity index (χ2v) is 5.63. The number of thioether (sulfide) groups is 1. The third-order valence-corrected chi connectivity index (χ3v) is 4.90. The van der Waals surface area contributed by atoms with Crippen LogP contribution < -0.4 is 5.73 Å². The molecule has 0 aromatic heterocycles. The van der Waals surface area contributed by atoms with Crippen molar-refractivity contribution < 1.29 is 0 Å². The van der Waals surface area contributed by atoms with Gasteiger partial charge in [-0.05, 0) is 43.9 Å². The predicted molar refractivity (Wildman–Crippen MR) is 67.2 cm³/mol. The Hall–Kier alpha value is -0.470. The predicted octanol–water partition coefficient (Wildman–Crippen LogP) is 3.21. The van der Waals surface area contributed by atoms with Crippen molar-refractivity contribution in [3.8, 4) is 0 Å². The molecule has 0 heterocycles. The number of hydrogen-bond acceptors (Lipinski definition) is 2. The lowest BCUT2D eigenvalue weighted by atomic mass is 10.1. The summed E-state index contributed by atoms with van der Waals surface area (Å²) in [4.78, 5) is 1.43.